The van der Waals surface area contributed by atoms with Gasteiger partial charge in [-0.25, -0.2) is 4.98 Å². The van der Waals surface area contributed by atoms with Crippen molar-refractivity contribution >= 4 is 26.7 Å². The molecule has 1 heterocycles. The van der Waals surface area contributed by atoms with E-state index in [1.54, 1.807) is 0 Å². The third kappa shape index (κ3) is 6.03. The summed E-state index contributed by atoms with van der Waals surface area (Å²) in [6.45, 7) is 7.93. The van der Waals surface area contributed by atoms with Gasteiger partial charge in [-0.3, -0.25) is 4.90 Å². The van der Waals surface area contributed by atoms with Gasteiger partial charge in [0.05, 0.1) is 11.9 Å². The molecule has 4 heteroatoms. The summed E-state index contributed by atoms with van der Waals surface area (Å²) in [5, 5.41) is 2.61. The molecular weight excluding hydrogens is 518 g/mol. The van der Waals surface area contributed by atoms with Crippen molar-refractivity contribution in [1.29, 1.82) is 0 Å². The number of aromatic nitrogens is 2. The van der Waals surface area contributed by atoms with Gasteiger partial charge in [0.1, 0.15) is 5.82 Å². The van der Waals surface area contributed by atoms with Crippen LogP contribution in [0.4, 0.5) is 0 Å². The van der Waals surface area contributed by atoms with Gasteiger partial charge in [0.15, 0.2) is 0 Å². The molecule has 0 saturated carbocycles. The summed E-state index contributed by atoms with van der Waals surface area (Å²) in [7, 11) is 0. The number of rotatable bonds is 10. The van der Waals surface area contributed by atoms with E-state index in [-0.39, 0.29) is 0 Å². The maximum absolute atomic E-state index is 4.91. The van der Waals surface area contributed by atoms with Gasteiger partial charge in [0, 0.05) is 36.2 Å². The van der Waals surface area contributed by atoms with E-state index in [2.05, 4.69) is 136 Å². The average Bonchev–Trinajstić information content (AvgIpc) is 3.32. The lowest BCUT2D eigenvalue weighted by Crippen LogP contribution is -2.24. The van der Waals surface area contributed by atoms with E-state index in [0.29, 0.717) is 0 Å². The van der Waals surface area contributed by atoms with Crippen molar-refractivity contribution in [2.45, 2.75) is 52.9 Å². The lowest BCUT2D eigenvalue weighted by atomic mass is 10.0. The first kappa shape index (κ1) is 25.4. The number of benzene rings is 4. The van der Waals surface area contributed by atoms with Crippen molar-refractivity contribution in [2.75, 3.05) is 0 Å². The van der Waals surface area contributed by atoms with Crippen molar-refractivity contribution in [3.63, 3.8) is 0 Å². The van der Waals surface area contributed by atoms with Gasteiger partial charge in [-0.2, -0.15) is 0 Å². The molecule has 4 aromatic carbocycles. The van der Waals surface area contributed by atoms with Crippen molar-refractivity contribution in [3.05, 3.63) is 124 Å². The van der Waals surface area contributed by atoms with E-state index in [1.807, 2.05) is 0 Å². The first-order valence-corrected chi connectivity index (χ1v) is 14.0. The Kier molecular flexibility index (Phi) is 8.18. The predicted octanol–water partition coefficient (Wildman–Crippen LogP) is 8.78. The second kappa shape index (κ2) is 11.9. The molecule has 0 amide bonds. The molecule has 0 unspecified atom stereocenters. The molecule has 0 bridgehead atoms. The zero-order chi connectivity index (χ0) is 25.6. The Morgan fingerprint density at radius 2 is 1.62 bits per heavy atom. The number of nitrogens with zero attached hydrogens (tertiary/aromatic N) is 3. The summed E-state index contributed by atoms with van der Waals surface area (Å²) >= 11 is 3.74. The number of unbranched alkanes of at least 4 members (excludes halogenated alkanes) is 1. The van der Waals surface area contributed by atoms with Gasteiger partial charge in [-0.1, -0.05) is 114 Å². The van der Waals surface area contributed by atoms with Crippen LogP contribution in [0.3, 0.4) is 0 Å². The second-order valence-corrected chi connectivity index (χ2v) is 10.7. The molecule has 37 heavy (non-hydrogen) atoms. The fourth-order valence-electron chi connectivity index (χ4n) is 4.98. The number of halogens is 1. The zero-order valence-electron chi connectivity index (χ0n) is 21.7. The van der Waals surface area contributed by atoms with Crippen LogP contribution in [0, 0.1) is 6.92 Å². The van der Waals surface area contributed by atoms with Gasteiger partial charge < -0.3 is 4.57 Å². The number of aryl methyl sites for hydroxylation is 1. The van der Waals surface area contributed by atoms with Gasteiger partial charge in [0.25, 0.3) is 0 Å². The molecule has 5 rings (SSSR count). The lowest BCUT2D eigenvalue weighted by molar-refractivity contribution is 0.242. The third-order valence-electron chi connectivity index (χ3n) is 7.01. The van der Waals surface area contributed by atoms with E-state index in [4.69, 9.17) is 4.98 Å². The van der Waals surface area contributed by atoms with Crippen molar-refractivity contribution in [3.8, 4) is 11.4 Å². The maximum atomic E-state index is 4.91. The molecule has 0 aliphatic rings. The van der Waals surface area contributed by atoms with Crippen LogP contribution in [0.25, 0.3) is 22.2 Å². The number of fused-ring (bicyclic) bond motifs is 1. The molecule has 0 saturated heterocycles. The molecule has 0 spiro atoms. The van der Waals surface area contributed by atoms with E-state index in [1.165, 1.54) is 38.7 Å². The van der Waals surface area contributed by atoms with Crippen LogP contribution in [0.15, 0.2) is 102 Å². The molecule has 1 aromatic heterocycles. The summed E-state index contributed by atoms with van der Waals surface area (Å²) in [4.78, 5) is 7.46. The Labute approximate surface area is 228 Å². The molecule has 0 aliphatic carbocycles. The highest BCUT2D eigenvalue weighted by molar-refractivity contribution is 9.10. The standard InChI is InChI=1S/C33H34BrN3/c1-3-4-19-37-30(21-35-33(37)28-12-6-5-7-13-28)24-36(22-26-18-17-25(2)32(34)20-26)23-29-15-10-14-27-11-8-9-16-31(27)29/h5-18,20-21H,3-4,19,22-24H2,1-2H3. The van der Waals surface area contributed by atoms with E-state index >= 15 is 0 Å². The van der Waals surface area contributed by atoms with Gasteiger partial charge in [-0.05, 0) is 46.9 Å². The molecule has 0 fully saturated rings. The number of hydrogen-bond donors (Lipinski definition) is 0. The van der Waals surface area contributed by atoms with Crippen LogP contribution in [0.1, 0.15) is 42.1 Å². The van der Waals surface area contributed by atoms with Crippen LogP contribution >= 0.6 is 15.9 Å². The van der Waals surface area contributed by atoms with E-state index in [0.717, 1.165) is 49.3 Å². The molecular formula is C33H34BrN3. The quantitative estimate of drug-likeness (QED) is 0.173. The summed E-state index contributed by atoms with van der Waals surface area (Å²) in [5.41, 5.74) is 6.36. The van der Waals surface area contributed by atoms with Crippen LogP contribution in [-0.2, 0) is 26.2 Å². The van der Waals surface area contributed by atoms with Gasteiger partial charge in [0.2, 0.25) is 0 Å². The summed E-state index contributed by atoms with van der Waals surface area (Å²) < 4.78 is 3.59. The molecule has 188 valence electrons. The van der Waals surface area contributed by atoms with Crippen molar-refractivity contribution in [1.82, 2.24) is 14.5 Å². The van der Waals surface area contributed by atoms with Crippen molar-refractivity contribution in [2.24, 2.45) is 0 Å². The Morgan fingerprint density at radius 3 is 2.43 bits per heavy atom. The smallest absolute Gasteiger partial charge is 0.140 e. The minimum absolute atomic E-state index is 0.832. The first-order valence-electron chi connectivity index (χ1n) is 13.2. The van der Waals surface area contributed by atoms with Crippen LogP contribution in [-0.4, -0.2) is 14.5 Å². The molecule has 0 atom stereocenters. The molecule has 3 nitrogen and oxygen atoms in total. The van der Waals surface area contributed by atoms with Crippen LogP contribution < -0.4 is 0 Å². The van der Waals surface area contributed by atoms with Gasteiger partial charge >= 0.3 is 0 Å². The fraction of sp³-hybridized carbons (Fsp3) is 0.242. The highest BCUT2D eigenvalue weighted by Crippen LogP contribution is 2.26. The monoisotopic (exact) mass is 551 g/mol. The molecule has 0 aliphatic heterocycles. The first-order chi connectivity index (χ1) is 18.1. The number of imidazole rings is 1. The minimum atomic E-state index is 0.832. The summed E-state index contributed by atoms with van der Waals surface area (Å²) in [6, 6.07) is 32.6. The second-order valence-electron chi connectivity index (χ2n) is 9.81. The van der Waals surface area contributed by atoms with Crippen LogP contribution in [0.5, 0.6) is 0 Å². The highest BCUT2D eigenvalue weighted by Gasteiger charge is 2.17. The Bertz CT molecular complexity index is 1470. The largest absolute Gasteiger partial charge is 0.327 e. The average molecular weight is 553 g/mol. The lowest BCUT2D eigenvalue weighted by Gasteiger charge is -2.25. The SMILES string of the molecule is CCCCn1c(CN(Cc2ccc(C)c(Br)c2)Cc2cccc3ccccc23)cnc1-c1ccccc1. The summed E-state index contributed by atoms with van der Waals surface area (Å²) in [5.74, 6) is 1.06. The molecule has 0 N–H and O–H groups in total. The van der Waals surface area contributed by atoms with Gasteiger partial charge in [-0.15, -0.1) is 0 Å². The Balaban J connectivity index is 1.51. The number of hydrogen-bond acceptors (Lipinski definition) is 2. The fourth-order valence-corrected chi connectivity index (χ4v) is 5.41. The summed E-state index contributed by atoms with van der Waals surface area (Å²) in [6.07, 6.45) is 4.37. The van der Waals surface area contributed by atoms with E-state index in [9.17, 15) is 0 Å². The third-order valence-corrected chi connectivity index (χ3v) is 7.86. The highest BCUT2D eigenvalue weighted by atomic mass is 79.9. The molecule has 0 radical (unpaired) electrons. The zero-order valence-corrected chi connectivity index (χ0v) is 23.3. The Hall–Kier alpha value is -3.21. The minimum Gasteiger partial charge on any atom is -0.327 e. The van der Waals surface area contributed by atoms with E-state index < -0.39 is 0 Å². The normalized spacial score (nSPS) is 11.5. The topological polar surface area (TPSA) is 21.1 Å². The van der Waals surface area contributed by atoms with Crippen LogP contribution in [0.2, 0.25) is 0 Å². The molecule has 5 aromatic rings. The maximum Gasteiger partial charge on any atom is 0.140 e. The predicted molar refractivity (Wildman–Crippen MR) is 158 cm³/mol. The Morgan fingerprint density at radius 1 is 0.838 bits per heavy atom. The van der Waals surface area contributed by atoms with Crippen molar-refractivity contribution < 1.29 is 0 Å².